The van der Waals surface area contributed by atoms with Gasteiger partial charge in [0, 0.05) is 30.5 Å². The van der Waals surface area contributed by atoms with E-state index in [4.69, 9.17) is 0 Å². The van der Waals surface area contributed by atoms with Gasteiger partial charge in [0.2, 0.25) is 0 Å². The minimum Gasteiger partial charge on any atom is -0.348 e. The molecule has 0 spiro atoms. The van der Waals surface area contributed by atoms with Crippen molar-refractivity contribution >= 4 is 29.3 Å². The largest absolute Gasteiger partial charge is 0.348 e. The molecule has 2 saturated heterocycles. The summed E-state index contributed by atoms with van der Waals surface area (Å²) in [6.45, 7) is 1.78. The van der Waals surface area contributed by atoms with Crippen molar-refractivity contribution in [3.8, 4) is 0 Å². The standard InChI is InChI=1S/C20H19N5O4/c1-12(26)13-3-2-4-15(9-13)25-19(28)17-10-14(5-8-24(17)20(25)29)23-18(27)16-11-21-6-7-22-16/h2-4,6-7,9,11,14,17H,5,8,10H2,1H3,(H,23,27). The van der Waals surface area contributed by atoms with Crippen molar-refractivity contribution in [2.45, 2.75) is 31.8 Å². The van der Waals surface area contributed by atoms with Crippen molar-refractivity contribution in [3.63, 3.8) is 0 Å². The van der Waals surface area contributed by atoms with Crippen LogP contribution in [0.15, 0.2) is 42.9 Å². The fraction of sp³-hybridized carbons (Fsp3) is 0.300. The third-order valence-electron chi connectivity index (χ3n) is 5.19. The number of piperidine rings is 1. The maximum absolute atomic E-state index is 13.0. The lowest BCUT2D eigenvalue weighted by Crippen LogP contribution is -2.49. The van der Waals surface area contributed by atoms with Crippen molar-refractivity contribution in [2.75, 3.05) is 11.4 Å². The van der Waals surface area contributed by atoms with Gasteiger partial charge in [0.15, 0.2) is 5.78 Å². The smallest absolute Gasteiger partial charge is 0.332 e. The van der Waals surface area contributed by atoms with Crippen LogP contribution < -0.4 is 10.2 Å². The third-order valence-corrected chi connectivity index (χ3v) is 5.19. The monoisotopic (exact) mass is 393 g/mol. The molecule has 1 N–H and O–H groups in total. The number of Topliss-reactive ketones (excluding diaryl/α,β-unsaturated/α-hetero) is 1. The Hall–Kier alpha value is -3.62. The fourth-order valence-corrected chi connectivity index (χ4v) is 3.71. The van der Waals surface area contributed by atoms with Crippen LogP contribution in [0.3, 0.4) is 0 Å². The van der Waals surface area contributed by atoms with Gasteiger partial charge in [-0.05, 0) is 31.9 Å². The maximum Gasteiger partial charge on any atom is 0.332 e. The van der Waals surface area contributed by atoms with E-state index in [9.17, 15) is 19.2 Å². The molecule has 0 saturated carbocycles. The van der Waals surface area contributed by atoms with Gasteiger partial charge in [-0.1, -0.05) is 12.1 Å². The number of carbonyl (C=O) groups excluding carboxylic acids is 4. The first-order valence-electron chi connectivity index (χ1n) is 9.28. The van der Waals surface area contributed by atoms with Crippen molar-refractivity contribution in [1.29, 1.82) is 0 Å². The van der Waals surface area contributed by atoms with Crippen LogP contribution in [0.25, 0.3) is 0 Å². The summed E-state index contributed by atoms with van der Waals surface area (Å²) < 4.78 is 0. The molecule has 0 aliphatic carbocycles. The van der Waals surface area contributed by atoms with Crippen molar-refractivity contribution in [1.82, 2.24) is 20.2 Å². The van der Waals surface area contributed by atoms with E-state index in [1.165, 1.54) is 30.4 Å². The van der Waals surface area contributed by atoms with Crippen LogP contribution in [0.4, 0.5) is 10.5 Å². The minimum atomic E-state index is -0.649. The molecular formula is C20H19N5O4. The predicted molar refractivity (Wildman–Crippen MR) is 102 cm³/mol. The van der Waals surface area contributed by atoms with Gasteiger partial charge >= 0.3 is 6.03 Å². The maximum atomic E-state index is 13.0. The number of hydrogen-bond donors (Lipinski definition) is 1. The molecular weight excluding hydrogens is 374 g/mol. The SMILES string of the molecule is CC(=O)c1cccc(N2C(=O)C3CC(NC(=O)c4cnccn4)CCN3C2=O)c1. The summed E-state index contributed by atoms with van der Waals surface area (Å²) in [5.74, 6) is -0.857. The molecule has 2 aromatic rings. The number of aromatic nitrogens is 2. The number of fused-ring (bicyclic) bond motifs is 1. The molecule has 1 aromatic heterocycles. The summed E-state index contributed by atoms with van der Waals surface area (Å²) in [5.41, 5.74) is 1.01. The molecule has 2 aliphatic rings. The van der Waals surface area contributed by atoms with Crippen LogP contribution in [0.2, 0.25) is 0 Å². The molecule has 9 nitrogen and oxygen atoms in total. The molecule has 2 atom stereocenters. The Bertz CT molecular complexity index is 993. The average Bonchev–Trinajstić information content (AvgIpc) is 2.98. The van der Waals surface area contributed by atoms with Gasteiger partial charge in [-0.15, -0.1) is 0 Å². The molecule has 2 fully saturated rings. The second kappa shape index (κ2) is 7.42. The molecule has 9 heteroatoms. The summed E-state index contributed by atoms with van der Waals surface area (Å²) in [4.78, 5) is 60.2. The highest BCUT2D eigenvalue weighted by Gasteiger charge is 2.48. The molecule has 2 unspecified atom stereocenters. The van der Waals surface area contributed by atoms with Gasteiger partial charge in [-0.2, -0.15) is 0 Å². The zero-order valence-electron chi connectivity index (χ0n) is 15.7. The lowest BCUT2D eigenvalue weighted by Gasteiger charge is -2.32. The predicted octanol–water partition coefficient (Wildman–Crippen LogP) is 1.41. The van der Waals surface area contributed by atoms with E-state index < -0.39 is 12.1 Å². The summed E-state index contributed by atoms with van der Waals surface area (Å²) in [6.07, 6.45) is 5.14. The van der Waals surface area contributed by atoms with Gasteiger partial charge < -0.3 is 10.2 Å². The van der Waals surface area contributed by atoms with E-state index in [0.717, 1.165) is 4.90 Å². The normalized spacial score (nSPS) is 21.1. The molecule has 0 radical (unpaired) electrons. The highest BCUT2D eigenvalue weighted by Crippen LogP contribution is 2.31. The van der Waals surface area contributed by atoms with Crippen LogP contribution >= 0.6 is 0 Å². The Kier molecular flexibility index (Phi) is 4.79. The highest BCUT2D eigenvalue weighted by atomic mass is 16.2. The number of urea groups is 1. The first-order valence-corrected chi connectivity index (χ1v) is 9.28. The van der Waals surface area contributed by atoms with Crippen molar-refractivity contribution < 1.29 is 19.2 Å². The number of nitrogens with one attached hydrogen (secondary N) is 1. The van der Waals surface area contributed by atoms with Crippen molar-refractivity contribution in [3.05, 3.63) is 54.1 Å². The Morgan fingerprint density at radius 1 is 1.21 bits per heavy atom. The van der Waals surface area contributed by atoms with Crippen LogP contribution in [-0.2, 0) is 4.79 Å². The number of ketones is 1. The van der Waals surface area contributed by atoms with Gasteiger partial charge in [0.25, 0.3) is 11.8 Å². The zero-order chi connectivity index (χ0) is 20.5. The zero-order valence-corrected chi connectivity index (χ0v) is 15.7. The molecule has 4 amide bonds. The Morgan fingerprint density at radius 2 is 2.03 bits per heavy atom. The average molecular weight is 393 g/mol. The quantitative estimate of drug-likeness (QED) is 0.621. The number of imide groups is 1. The lowest BCUT2D eigenvalue weighted by atomic mass is 9.97. The fourth-order valence-electron chi connectivity index (χ4n) is 3.71. The minimum absolute atomic E-state index is 0.143. The van der Waals surface area contributed by atoms with Crippen LogP contribution in [0.1, 0.15) is 40.6 Å². The number of anilines is 1. The highest BCUT2D eigenvalue weighted by molar-refractivity contribution is 6.21. The number of carbonyl (C=O) groups is 4. The summed E-state index contributed by atoms with van der Waals surface area (Å²) >= 11 is 0. The van der Waals surface area contributed by atoms with Crippen LogP contribution in [0.5, 0.6) is 0 Å². The number of rotatable bonds is 4. The van der Waals surface area contributed by atoms with E-state index >= 15 is 0 Å². The van der Waals surface area contributed by atoms with E-state index in [-0.39, 0.29) is 29.3 Å². The second-order valence-electron chi connectivity index (χ2n) is 7.06. The van der Waals surface area contributed by atoms with Crippen LogP contribution in [-0.4, -0.2) is 57.1 Å². The Labute approximate surface area is 166 Å². The number of hydrogen-bond acceptors (Lipinski definition) is 6. The molecule has 148 valence electrons. The number of amides is 4. The Morgan fingerprint density at radius 3 is 2.76 bits per heavy atom. The van der Waals surface area contributed by atoms with Crippen LogP contribution in [0, 0.1) is 0 Å². The van der Waals surface area contributed by atoms with Gasteiger partial charge in [0.1, 0.15) is 11.7 Å². The van der Waals surface area contributed by atoms with E-state index in [0.29, 0.717) is 30.6 Å². The lowest BCUT2D eigenvalue weighted by molar-refractivity contribution is -0.120. The topological polar surface area (TPSA) is 113 Å². The summed E-state index contributed by atoms with van der Waals surface area (Å²) in [7, 11) is 0. The summed E-state index contributed by atoms with van der Waals surface area (Å²) in [6, 6.07) is 5.16. The molecule has 29 heavy (non-hydrogen) atoms. The van der Waals surface area contributed by atoms with E-state index in [1.54, 1.807) is 24.3 Å². The number of benzene rings is 1. The first kappa shape index (κ1) is 18.7. The number of nitrogens with zero attached hydrogens (tertiary/aromatic N) is 4. The van der Waals surface area contributed by atoms with Gasteiger partial charge in [0.05, 0.1) is 11.9 Å². The molecule has 2 aliphatic heterocycles. The molecule has 4 rings (SSSR count). The molecule has 0 bridgehead atoms. The van der Waals surface area contributed by atoms with Crippen molar-refractivity contribution in [2.24, 2.45) is 0 Å². The van der Waals surface area contributed by atoms with E-state index in [1.807, 2.05) is 0 Å². The third kappa shape index (κ3) is 3.46. The first-order chi connectivity index (χ1) is 14.0. The molecule has 1 aromatic carbocycles. The van der Waals surface area contributed by atoms with E-state index in [2.05, 4.69) is 15.3 Å². The second-order valence-corrected chi connectivity index (χ2v) is 7.06. The van der Waals surface area contributed by atoms with Gasteiger partial charge in [-0.3, -0.25) is 19.4 Å². The summed E-state index contributed by atoms with van der Waals surface area (Å²) in [5, 5.41) is 2.87. The Balaban J connectivity index is 1.50. The molecule has 3 heterocycles. The van der Waals surface area contributed by atoms with Gasteiger partial charge in [-0.25, -0.2) is 14.7 Å².